The van der Waals surface area contributed by atoms with Gasteiger partial charge in [0.2, 0.25) is 5.43 Å². The number of fused-ring (bicyclic) bond motifs is 1. The molecule has 0 amide bonds. The maximum atomic E-state index is 11.4. The highest BCUT2D eigenvalue weighted by atomic mass is 35.5. The summed E-state index contributed by atoms with van der Waals surface area (Å²) in [6.45, 7) is 0. The van der Waals surface area contributed by atoms with E-state index in [1.807, 2.05) is 0 Å². The van der Waals surface area contributed by atoms with Crippen LogP contribution >= 0.6 is 11.6 Å². The maximum absolute atomic E-state index is 11.4. The van der Waals surface area contributed by atoms with Gasteiger partial charge < -0.3 is 5.73 Å². The summed E-state index contributed by atoms with van der Waals surface area (Å²) in [5.41, 5.74) is 5.65. The zero-order valence-electron chi connectivity index (χ0n) is 6.54. The van der Waals surface area contributed by atoms with Gasteiger partial charge >= 0.3 is 0 Å². The van der Waals surface area contributed by atoms with Crippen molar-refractivity contribution in [2.24, 2.45) is 0 Å². The Morgan fingerprint density at radius 1 is 1.46 bits per heavy atom. The van der Waals surface area contributed by atoms with E-state index in [-0.39, 0.29) is 11.2 Å². The summed E-state index contributed by atoms with van der Waals surface area (Å²) >= 11 is 5.73. The number of benzene rings is 1. The van der Waals surface area contributed by atoms with Gasteiger partial charge in [-0.2, -0.15) is 5.10 Å². The predicted octanol–water partition coefficient (Wildman–Crippen LogP) is 1.16. The standard InChI is InChI=1S/C8H6ClN3O/c9-4-1-2-5-6(3-4)11-12-8(10)7(5)13/h1-3H,(H2,10,12)(H,11,13). The van der Waals surface area contributed by atoms with Crippen LogP contribution in [0.25, 0.3) is 10.9 Å². The molecule has 2 rings (SSSR count). The van der Waals surface area contributed by atoms with Gasteiger partial charge in [0.25, 0.3) is 0 Å². The zero-order valence-corrected chi connectivity index (χ0v) is 7.30. The van der Waals surface area contributed by atoms with Crippen molar-refractivity contribution in [1.29, 1.82) is 0 Å². The second kappa shape index (κ2) is 2.74. The lowest BCUT2D eigenvalue weighted by atomic mass is 10.2. The second-order valence-corrected chi connectivity index (χ2v) is 3.06. The number of anilines is 1. The van der Waals surface area contributed by atoms with E-state index in [1.54, 1.807) is 18.2 Å². The molecule has 0 saturated carbocycles. The summed E-state index contributed by atoms with van der Waals surface area (Å²) in [5, 5.41) is 7.32. The molecule has 1 aromatic heterocycles. The SMILES string of the molecule is Nc1n[nH]c2cc(Cl)ccc2c1=O. The van der Waals surface area contributed by atoms with Gasteiger partial charge in [0.05, 0.1) is 10.9 Å². The molecule has 0 saturated heterocycles. The number of halogens is 1. The Labute approximate surface area is 78.3 Å². The summed E-state index contributed by atoms with van der Waals surface area (Å²) in [7, 11) is 0. The molecule has 0 aliphatic rings. The molecule has 0 atom stereocenters. The average molecular weight is 196 g/mol. The highest BCUT2D eigenvalue weighted by Crippen LogP contribution is 2.14. The highest BCUT2D eigenvalue weighted by molar-refractivity contribution is 6.31. The molecular formula is C8H6ClN3O. The summed E-state index contributed by atoms with van der Waals surface area (Å²) < 4.78 is 0. The molecule has 0 aliphatic heterocycles. The number of aromatic amines is 1. The molecule has 0 bridgehead atoms. The van der Waals surface area contributed by atoms with E-state index in [0.29, 0.717) is 15.9 Å². The molecule has 1 aromatic carbocycles. The Bertz CT molecular complexity index is 520. The van der Waals surface area contributed by atoms with Gasteiger partial charge in [0.15, 0.2) is 5.82 Å². The van der Waals surface area contributed by atoms with Crippen LogP contribution in [0.15, 0.2) is 23.0 Å². The minimum Gasteiger partial charge on any atom is -0.379 e. The lowest BCUT2D eigenvalue weighted by Gasteiger charge is -1.97. The first-order valence-corrected chi connectivity index (χ1v) is 3.99. The quantitative estimate of drug-likeness (QED) is 0.663. The zero-order chi connectivity index (χ0) is 9.42. The molecular weight excluding hydrogens is 190 g/mol. The van der Waals surface area contributed by atoms with E-state index in [1.165, 1.54) is 0 Å². The van der Waals surface area contributed by atoms with Crippen molar-refractivity contribution in [2.45, 2.75) is 0 Å². The van der Waals surface area contributed by atoms with Crippen molar-refractivity contribution in [3.05, 3.63) is 33.4 Å². The Balaban J connectivity index is 2.95. The largest absolute Gasteiger partial charge is 0.379 e. The molecule has 13 heavy (non-hydrogen) atoms. The Morgan fingerprint density at radius 2 is 2.23 bits per heavy atom. The predicted molar refractivity (Wildman–Crippen MR) is 51.8 cm³/mol. The fourth-order valence-corrected chi connectivity index (χ4v) is 1.29. The minimum absolute atomic E-state index is 0.0326. The van der Waals surface area contributed by atoms with E-state index < -0.39 is 0 Å². The van der Waals surface area contributed by atoms with Crippen molar-refractivity contribution in [2.75, 3.05) is 5.73 Å². The van der Waals surface area contributed by atoms with Crippen LogP contribution in [0.4, 0.5) is 5.82 Å². The van der Waals surface area contributed by atoms with E-state index in [0.717, 1.165) is 0 Å². The minimum atomic E-state index is -0.273. The first-order chi connectivity index (χ1) is 6.18. The molecule has 2 aromatic rings. The highest BCUT2D eigenvalue weighted by Gasteiger charge is 2.02. The number of hydrogen-bond acceptors (Lipinski definition) is 3. The number of nitrogens with one attached hydrogen (secondary N) is 1. The van der Waals surface area contributed by atoms with E-state index in [2.05, 4.69) is 10.2 Å². The lowest BCUT2D eigenvalue weighted by Crippen LogP contribution is -2.11. The van der Waals surface area contributed by atoms with Gasteiger partial charge in [-0.05, 0) is 18.2 Å². The van der Waals surface area contributed by atoms with Crippen molar-refractivity contribution >= 4 is 28.3 Å². The molecule has 0 unspecified atom stereocenters. The van der Waals surface area contributed by atoms with Gasteiger partial charge in [-0.25, -0.2) is 0 Å². The normalized spacial score (nSPS) is 10.5. The van der Waals surface area contributed by atoms with E-state index in [4.69, 9.17) is 17.3 Å². The molecule has 1 heterocycles. The third-order valence-corrected chi connectivity index (χ3v) is 1.99. The van der Waals surface area contributed by atoms with Crippen molar-refractivity contribution in [3.63, 3.8) is 0 Å². The number of nitrogen functional groups attached to an aromatic ring is 1. The van der Waals surface area contributed by atoms with Gasteiger partial charge in [-0.15, -0.1) is 0 Å². The lowest BCUT2D eigenvalue weighted by molar-refractivity contribution is 1.08. The molecule has 66 valence electrons. The maximum Gasteiger partial charge on any atom is 0.231 e. The molecule has 0 radical (unpaired) electrons. The van der Waals surface area contributed by atoms with Crippen molar-refractivity contribution in [1.82, 2.24) is 10.2 Å². The third kappa shape index (κ3) is 1.25. The van der Waals surface area contributed by atoms with E-state index in [9.17, 15) is 4.79 Å². The van der Waals surface area contributed by atoms with Gasteiger partial charge in [0.1, 0.15) is 0 Å². The van der Waals surface area contributed by atoms with Gasteiger partial charge in [0, 0.05) is 5.02 Å². The van der Waals surface area contributed by atoms with Crippen LogP contribution in [0.2, 0.25) is 5.02 Å². The Hall–Kier alpha value is -1.55. The first kappa shape index (κ1) is 8.07. The molecule has 0 spiro atoms. The molecule has 4 nitrogen and oxygen atoms in total. The fraction of sp³-hybridized carbons (Fsp3) is 0. The van der Waals surface area contributed by atoms with Crippen LogP contribution in [0, 0.1) is 0 Å². The monoisotopic (exact) mass is 195 g/mol. The number of rotatable bonds is 0. The number of aromatic nitrogens is 2. The smallest absolute Gasteiger partial charge is 0.231 e. The van der Waals surface area contributed by atoms with Gasteiger partial charge in [-0.1, -0.05) is 11.6 Å². The molecule has 0 aliphatic carbocycles. The summed E-state index contributed by atoms with van der Waals surface area (Å²) in [5.74, 6) is -0.0326. The van der Waals surface area contributed by atoms with Crippen LogP contribution in [0.5, 0.6) is 0 Å². The molecule has 3 N–H and O–H groups in total. The van der Waals surface area contributed by atoms with Crippen LogP contribution < -0.4 is 11.2 Å². The first-order valence-electron chi connectivity index (χ1n) is 3.62. The Morgan fingerprint density at radius 3 is 3.00 bits per heavy atom. The topological polar surface area (TPSA) is 71.8 Å². The number of hydrogen-bond donors (Lipinski definition) is 2. The summed E-state index contributed by atoms with van der Waals surface area (Å²) in [4.78, 5) is 11.4. The van der Waals surface area contributed by atoms with Crippen LogP contribution in [0.1, 0.15) is 0 Å². The third-order valence-electron chi connectivity index (χ3n) is 1.76. The number of nitrogens with zero attached hydrogens (tertiary/aromatic N) is 1. The number of nitrogens with two attached hydrogens (primary N) is 1. The summed E-state index contributed by atoms with van der Waals surface area (Å²) in [6, 6.07) is 4.89. The van der Waals surface area contributed by atoms with Crippen molar-refractivity contribution in [3.8, 4) is 0 Å². The van der Waals surface area contributed by atoms with Crippen LogP contribution in [0.3, 0.4) is 0 Å². The van der Waals surface area contributed by atoms with E-state index >= 15 is 0 Å². The Kier molecular flexibility index (Phi) is 1.70. The van der Waals surface area contributed by atoms with Crippen molar-refractivity contribution < 1.29 is 0 Å². The average Bonchev–Trinajstić information content (AvgIpc) is 2.12. The second-order valence-electron chi connectivity index (χ2n) is 2.63. The fourth-order valence-electron chi connectivity index (χ4n) is 1.12. The number of H-pyrrole nitrogens is 1. The van der Waals surface area contributed by atoms with Crippen LogP contribution in [-0.2, 0) is 0 Å². The van der Waals surface area contributed by atoms with Gasteiger partial charge in [-0.3, -0.25) is 9.89 Å². The molecule has 0 fully saturated rings. The molecule has 5 heteroatoms. The summed E-state index contributed by atoms with van der Waals surface area (Å²) in [6.07, 6.45) is 0. The van der Waals surface area contributed by atoms with Crippen LogP contribution in [-0.4, -0.2) is 10.2 Å².